The van der Waals surface area contributed by atoms with Gasteiger partial charge < -0.3 is 9.67 Å². The fourth-order valence-corrected chi connectivity index (χ4v) is 4.31. The normalized spacial score (nSPS) is 11.6. The minimum absolute atomic E-state index is 0.181. The van der Waals surface area contributed by atoms with E-state index in [2.05, 4.69) is 15.1 Å². The Hall–Kier alpha value is -3.29. The van der Waals surface area contributed by atoms with Crippen molar-refractivity contribution in [2.45, 2.75) is 25.0 Å². The lowest BCUT2D eigenvalue weighted by atomic mass is 10.1. The van der Waals surface area contributed by atoms with Gasteiger partial charge in [-0.25, -0.2) is 10.4 Å². The number of para-hydroxylation sites is 2. The zero-order valence-corrected chi connectivity index (χ0v) is 19.6. The van der Waals surface area contributed by atoms with Gasteiger partial charge in [-0.2, -0.15) is 5.10 Å². The van der Waals surface area contributed by atoms with Crippen molar-refractivity contribution in [3.05, 3.63) is 88.9 Å². The van der Waals surface area contributed by atoms with Crippen molar-refractivity contribution in [3.63, 3.8) is 0 Å². The summed E-state index contributed by atoms with van der Waals surface area (Å²) < 4.78 is 2.10. The summed E-state index contributed by atoms with van der Waals surface area (Å²) in [5.74, 6) is 0.158. The third kappa shape index (κ3) is 5.74. The van der Waals surface area contributed by atoms with Gasteiger partial charge in [0.15, 0.2) is 5.16 Å². The average Bonchev–Trinajstić information content (AvgIpc) is 3.18. The number of phenolic OH excluding ortho intramolecular Hbond substituents is 1. The van der Waals surface area contributed by atoms with Crippen LogP contribution in [0.1, 0.15) is 24.5 Å². The Morgan fingerprint density at radius 1 is 1.09 bits per heavy atom. The maximum absolute atomic E-state index is 12.5. The molecule has 1 heterocycles. The van der Waals surface area contributed by atoms with Crippen LogP contribution in [0.25, 0.3) is 11.0 Å². The van der Waals surface area contributed by atoms with Gasteiger partial charge in [-0.05, 0) is 66.1 Å². The number of aromatic hydroxyl groups is 1. The monoisotopic (exact) mass is 478 g/mol. The van der Waals surface area contributed by atoms with Crippen molar-refractivity contribution in [1.29, 1.82) is 0 Å². The Bertz CT molecular complexity index is 1280. The summed E-state index contributed by atoms with van der Waals surface area (Å²) in [6, 6.07) is 22.4. The third-order valence-electron chi connectivity index (χ3n) is 5.06. The third-order valence-corrected chi connectivity index (χ3v) is 6.29. The summed E-state index contributed by atoms with van der Waals surface area (Å²) in [6.45, 7) is 2.59. The number of amides is 1. The van der Waals surface area contributed by atoms with Crippen LogP contribution in [-0.2, 0) is 11.3 Å². The highest BCUT2D eigenvalue weighted by molar-refractivity contribution is 7.99. The fraction of sp³-hybridized carbons (Fsp3) is 0.160. The van der Waals surface area contributed by atoms with E-state index in [-0.39, 0.29) is 17.4 Å². The molecule has 0 saturated heterocycles. The van der Waals surface area contributed by atoms with Crippen LogP contribution >= 0.6 is 23.4 Å². The van der Waals surface area contributed by atoms with Crippen LogP contribution in [0.2, 0.25) is 5.02 Å². The minimum Gasteiger partial charge on any atom is -0.508 e. The minimum atomic E-state index is -0.213. The Labute approximate surface area is 201 Å². The van der Waals surface area contributed by atoms with Crippen LogP contribution in [0, 0.1) is 0 Å². The van der Waals surface area contributed by atoms with Gasteiger partial charge in [-0.1, -0.05) is 54.6 Å². The van der Waals surface area contributed by atoms with Gasteiger partial charge in [0, 0.05) is 5.02 Å². The molecule has 8 heteroatoms. The Kier molecular flexibility index (Phi) is 7.32. The van der Waals surface area contributed by atoms with Crippen molar-refractivity contribution < 1.29 is 9.90 Å². The lowest BCUT2D eigenvalue weighted by Gasteiger charge is -2.09. The topological polar surface area (TPSA) is 79.5 Å². The summed E-state index contributed by atoms with van der Waals surface area (Å²) in [4.78, 5) is 17.2. The largest absolute Gasteiger partial charge is 0.508 e. The zero-order valence-electron chi connectivity index (χ0n) is 18.0. The molecule has 0 fully saturated rings. The van der Waals surface area contributed by atoms with Gasteiger partial charge in [-0.3, -0.25) is 4.79 Å². The zero-order chi connectivity index (χ0) is 23.2. The number of nitrogens with one attached hydrogen (secondary N) is 1. The Balaban J connectivity index is 1.47. The van der Waals surface area contributed by atoms with Gasteiger partial charge in [-0.15, -0.1) is 0 Å². The van der Waals surface area contributed by atoms with E-state index in [0.29, 0.717) is 18.0 Å². The molecular formula is C25H23ClN4O2S. The van der Waals surface area contributed by atoms with Gasteiger partial charge >= 0.3 is 0 Å². The molecule has 0 unspecified atom stereocenters. The molecule has 168 valence electrons. The summed E-state index contributed by atoms with van der Waals surface area (Å²) in [6.07, 6.45) is 0.648. The molecule has 4 aromatic rings. The molecule has 1 aromatic heterocycles. The molecule has 3 aromatic carbocycles. The second-order valence-electron chi connectivity index (χ2n) is 7.38. The second-order valence-corrected chi connectivity index (χ2v) is 8.76. The van der Waals surface area contributed by atoms with E-state index in [4.69, 9.17) is 16.6 Å². The SMILES string of the molecule is CC/C(=N/NC(=O)CSc1nc2ccccc2n1Cc1ccc(Cl)cc1)c1ccc(O)cc1. The number of thioether (sulfide) groups is 1. The number of aromatic nitrogens is 2. The van der Waals surface area contributed by atoms with E-state index in [1.165, 1.54) is 11.8 Å². The van der Waals surface area contributed by atoms with E-state index < -0.39 is 0 Å². The Morgan fingerprint density at radius 2 is 1.82 bits per heavy atom. The van der Waals surface area contributed by atoms with Crippen LogP contribution in [0.4, 0.5) is 0 Å². The van der Waals surface area contributed by atoms with Crippen molar-refractivity contribution in [3.8, 4) is 5.75 Å². The predicted octanol–water partition coefficient (Wildman–Crippen LogP) is 5.47. The summed E-state index contributed by atoms with van der Waals surface area (Å²) in [5, 5.41) is 15.2. The molecule has 6 nitrogen and oxygen atoms in total. The van der Waals surface area contributed by atoms with E-state index in [1.807, 2.05) is 55.5 Å². The summed E-state index contributed by atoms with van der Waals surface area (Å²) in [5.41, 5.74) is 7.22. The molecule has 2 N–H and O–H groups in total. The first kappa shape index (κ1) is 22.9. The highest BCUT2D eigenvalue weighted by Gasteiger charge is 2.13. The lowest BCUT2D eigenvalue weighted by molar-refractivity contribution is -0.118. The first-order valence-electron chi connectivity index (χ1n) is 10.5. The van der Waals surface area contributed by atoms with Gasteiger partial charge in [0.05, 0.1) is 29.0 Å². The van der Waals surface area contributed by atoms with E-state index in [9.17, 15) is 9.90 Å². The van der Waals surface area contributed by atoms with Crippen molar-refractivity contribution in [1.82, 2.24) is 15.0 Å². The number of hydrogen-bond donors (Lipinski definition) is 2. The van der Waals surface area contributed by atoms with E-state index in [0.717, 1.165) is 33.0 Å². The highest BCUT2D eigenvalue weighted by Crippen LogP contribution is 2.25. The second kappa shape index (κ2) is 10.6. The molecule has 0 spiro atoms. The van der Waals surface area contributed by atoms with Gasteiger partial charge in [0.1, 0.15) is 5.75 Å². The molecule has 33 heavy (non-hydrogen) atoms. The molecule has 1 amide bonds. The maximum Gasteiger partial charge on any atom is 0.250 e. The van der Waals surface area contributed by atoms with E-state index >= 15 is 0 Å². The number of carbonyl (C=O) groups excluding carboxylic acids is 1. The fourth-order valence-electron chi connectivity index (χ4n) is 3.38. The number of carbonyl (C=O) groups is 1. The summed E-state index contributed by atoms with van der Waals surface area (Å²) in [7, 11) is 0. The molecule has 0 radical (unpaired) electrons. The Morgan fingerprint density at radius 3 is 2.55 bits per heavy atom. The van der Waals surface area contributed by atoms with Crippen LogP contribution in [0.15, 0.2) is 83.1 Å². The van der Waals surface area contributed by atoms with E-state index in [1.54, 1.807) is 24.3 Å². The molecule has 0 aliphatic carbocycles. The number of nitrogens with zero attached hydrogens (tertiary/aromatic N) is 3. The smallest absolute Gasteiger partial charge is 0.250 e. The van der Waals surface area contributed by atoms with Crippen molar-refractivity contribution in [2.24, 2.45) is 5.10 Å². The summed E-state index contributed by atoms with van der Waals surface area (Å²) >= 11 is 7.40. The molecular weight excluding hydrogens is 456 g/mol. The van der Waals surface area contributed by atoms with Crippen molar-refractivity contribution in [2.75, 3.05) is 5.75 Å². The average molecular weight is 479 g/mol. The van der Waals surface area contributed by atoms with Crippen LogP contribution in [0.5, 0.6) is 5.75 Å². The number of hydrogen-bond acceptors (Lipinski definition) is 5. The van der Waals surface area contributed by atoms with Crippen molar-refractivity contribution >= 4 is 46.0 Å². The highest BCUT2D eigenvalue weighted by atomic mass is 35.5. The molecule has 4 rings (SSSR count). The number of imidazole rings is 1. The lowest BCUT2D eigenvalue weighted by Crippen LogP contribution is -2.22. The standard InChI is InChI=1S/C25H23ClN4O2S/c1-2-21(18-9-13-20(31)14-10-18)28-29-24(32)16-33-25-27-22-5-3-4-6-23(22)30(25)15-17-7-11-19(26)12-8-17/h3-14,31H,2,15-16H2,1H3,(H,29,32)/b28-21-. The number of rotatable bonds is 8. The van der Waals surface area contributed by atoms with Crippen LogP contribution in [0.3, 0.4) is 0 Å². The number of halogens is 1. The van der Waals surface area contributed by atoms with Crippen LogP contribution in [-0.4, -0.2) is 32.0 Å². The first-order valence-corrected chi connectivity index (χ1v) is 11.9. The number of benzene rings is 3. The number of hydrazone groups is 1. The molecule has 0 saturated carbocycles. The molecule has 0 atom stereocenters. The maximum atomic E-state index is 12.5. The first-order chi connectivity index (χ1) is 16.0. The number of phenols is 1. The predicted molar refractivity (Wildman–Crippen MR) is 134 cm³/mol. The molecule has 0 bridgehead atoms. The van der Waals surface area contributed by atoms with Gasteiger partial charge in [0.2, 0.25) is 0 Å². The van der Waals surface area contributed by atoms with Crippen LogP contribution < -0.4 is 5.43 Å². The quantitative estimate of drug-likeness (QED) is 0.200. The number of fused-ring (bicyclic) bond motifs is 1. The molecule has 0 aliphatic heterocycles. The molecule has 0 aliphatic rings. The van der Waals surface area contributed by atoms with Gasteiger partial charge in [0.25, 0.3) is 5.91 Å².